The summed E-state index contributed by atoms with van der Waals surface area (Å²) < 4.78 is 39.4. The maximum Gasteiger partial charge on any atom is 0.418 e. The van der Waals surface area contributed by atoms with Gasteiger partial charge in [-0.1, -0.05) is 42.5 Å². The summed E-state index contributed by atoms with van der Waals surface area (Å²) in [5, 5.41) is 4.17. The van der Waals surface area contributed by atoms with E-state index in [1.165, 1.54) is 6.07 Å². The lowest BCUT2D eigenvalue weighted by Crippen LogP contribution is -2.22. The van der Waals surface area contributed by atoms with Crippen molar-refractivity contribution in [3.05, 3.63) is 88.2 Å². The molecule has 0 aliphatic heterocycles. The molecule has 4 rings (SSSR count). The van der Waals surface area contributed by atoms with Gasteiger partial charge in [-0.3, -0.25) is 9.59 Å². The second kappa shape index (κ2) is 6.53. The minimum absolute atomic E-state index is 0.194. The van der Waals surface area contributed by atoms with Crippen molar-refractivity contribution in [2.24, 2.45) is 0 Å². The highest BCUT2D eigenvalue weighted by atomic mass is 19.4. The second-order valence-electron chi connectivity index (χ2n) is 6.24. The Bertz CT molecular complexity index is 1270. The molecule has 0 atom stereocenters. The number of carbonyl (C=O) groups excluding carboxylic acids is 1. The van der Waals surface area contributed by atoms with Gasteiger partial charge in [0.25, 0.3) is 5.91 Å². The van der Waals surface area contributed by atoms with Gasteiger partial charge in [0, 0.05) is 22.7 Å². The van der Waals surface area contributed by atoms with E-state index in [1.807, 2.05) is 30.3 Å². The molecule has 0 spiro atoms. The standard InChI is InChI=1S/C21H13F3N2O2/c22-21(23,24)16-9-4-8-14-18(16)25-11-15(19(14)27)20(28)26-17-10-3-6-12-5-1-2-7-13(12)17/h1-11H,(H,25,27)(H,26,28). The molecule has 0 aliphatic carbocycles. The van der Waals surface area contributed by atoms with E-state index in [-0.39, 0.29) is 16.5 Å². The van der Waals surface area contributed by atoms with Crippen LogP contribution in [0.1, 0.15) is 15.9 Å². The van der Waals surface area contributed by atoms with Crippen LogP contribution in [-0.2, 0) is 6.18 Å². The summed E-state index contributed by atoms with van der Waals surface area (Å²) in [5.41, 5.74) is -1.83. The molecule has 0 unspecified atom stereocenters. The molecule has 1 heterocycles. The number of benzene rings is 3. The van der Waals surface area contributed by atoms with Gasteiger partial charge in [0.05, 0.1) is 11.1 Å². The fraction of sp³-hybridized carbons (Fsp3) is 0.0476. The Labute approximate surface area is 156 Å². The second-order valence-corrected chi connectivity index (χ2v) is 6.24. The number of nitrogens with one attached hydrogen (secondary N) is 2. The summed E-state index contributed by atoms with van der Waals surface area (Å²) in [6.07, 6.45) is -3.60. The number of aromatic amines is 1. The Morgan fingerprint density at radius 2 is 1.57 bits per heavy atom. The van der Waals surface area contributed by atoms with Crippen molar-refractivity contribution in [1.29, 1.82) is 0 Å². The summed E-state index contributed by atoms with van der Waals surface area (Å²) in [6, 6.07) is 16.0. The SMILES string of the molecule is O=C(Nc1cccc2ccccc12)c1c[nH]c2c(C(F)(F)F)cccc2c1=O. The molecule has 1 aromatic heterocycles. The Kier molecular flexibility index (Phi) is 4.15. The first-order chi connectivity index (χ1) is 13.4. The van der Waals surface area contributed by atoms with Crippen LogP contribution in [0, 0.1) is 0 Å². The normalized spacial score (nSPS) is 11.7. The van der Waals surface area contributed by atoms with Crippen LogP contribution in [0.4, 0.5) is 18.9 Å². The molecule has 1 amide bonds. The van der Waals surface area contributed by atoms with E-state index in [4.69, 9.17) is 0 Å². The minimum Gasteiger partial charge on any atom is -0.360 e. The number of aromatic nitrogens is 1. The minimum atomic E-state index is -4.62. The molecule has 0 aliphatic rings. The van der Waals surface area contributed by atoms with E-state index in [1.54, 1.807) is 12.1 Å². The molecule has 140 valence electrons. The predicted octanol–water partition coefficient (Wildman–Crippen LogP) is 4.95. The molecule has 3 aromatic carbocycles. The summed E-state index contributed by atoms with van der Waals surface area (Å²) in [4.78, 5) is 27.8. The third-order valence-electron chi connectivity index (χ3n) is 4.50. The van der Waals surface area contributed by atoms with Crippen LogP contribution in [0.15, 0.2) is 71.7 Å². The van der Waals surface area contributed by atoms with Crippen LogP contribution in [0.5, 0.6) is 0 Å². The maximum absolute atomic E-state index is 13.1. The van der Waals surface area contributed by atoms with Crippen LogP contribution >= 0.6 is 0 Å². The van der Waals surface area contributed by atoms with Crippen LogP contribution in [0.3, 0.4) is 0 Å². The van der Waals surface area contributed by atoms with E-state index in [0.29, 0.717) is 5.69 Å². The van der Waals surface area contributed by atoms with Crippen molar-refractivity contribution < 1.29 is 18.0 Å². The number of carbonyl (C=O) groups is 1. The van der Waals surface area contributed by atoms with Crippen molar-refractivity contribution in [3.8, 4) is 0 Å². The van der Waals surface area contributed by atoms with Gasteiger partial charge in [-0.25, -0.2) is 0 Å². The summed E-state index contributed by atoms with van der Waals surface area (Å²) in [5.74, 6) is -0.697. The topological polar surface area (TPSA) is 62.0 Å². The number of anilines is 1. The largest absolute Gasteiger partial charge is 0.418 e. The van der Waals surface area contributed by atoms with E-state index >= 15 is 0 Å². The van der Waals surface area contributed by atoms with E-state index in [2.05, 4.69) is 10.3 Å². The van der Waals surface area contributed by atoms with Crippen LogP contribution < -0.4 is 10.7 Å². The molecule has 4 aromatic rings. The first-order valence-corrected chi connectivity index (χ1v) is 8.37. The predicted molar refractivity (Wildman–Crippen MR) is 101 cm³/mol. The van der Waals surface area contributed by atoms with Crippen molar-refractivity contribution >= 4 is 33.3 Å². The van der Waals surface area contributed by atoms with Gasteiger partial charge in [0.1, 0.15) is 5.56 Å². The number of hydrogen-bond acceptors (Lipinski definition) is 2. The number of halogens is 3. The van der Waals surface area contributed by atoms with Gasteiger partial charge in [-0.2, -0.15) is 13.2 Å². The highest BCUT2D eigenvalue weighted by Crippen LogP contribution is 2.33. The van der Waals surface area contributed by atoms with E-state index < -0.39 is 23.1 Å². The smallest absolute Gasteiger partial charge is 0.360 e. The summed E-state index contributed by atoms with van der Waals surface area (Å²) in [6.45, 7) is 0. The molecule has 0 saturated heterocycles. The zero-order valence-corrected chi connectivity index (χ0v) is 14.3. The van der Waals surface area contributed by atoms with Gasteiger partial charge in [0.15, 0.2) is 0 Å². The molecule has 0 fully saturated rings. The fourth-order valence-electron chi connectivity index (χ4n) is 3.18. The summed E-state index contributed by atoms with van der Waals surface area (Å²) >= 11 is 0. The lowest BCUT2D eigenvalue weighted by Gasteiger charge is -2.11. The number of amides is 1. The van der Waals surface area contributed by atoms with Crippen molar-refractivity contribution in [3.63, 3.8) is 0 Å². The van der Waals surface area contributed by atoms with Crippen LogP contribution in [0.2, 0.25) is 0 Å². The molecular weight excluding hydrogens is 369 g/mol. The number of para-hydroxylation sites is 1. The average molecular weight is 382 g/mol. The van der Waals surface area contributed by atoms with Crippen LogP contribution in [0.25, 0.3) is 21.7 Å². The van der Waals surface area contributed by atoms with E-state index in [9.17, 15) is 22.8 Å². The van der Waals surface area contributed by atoms with E-state index in [0.717, 1.165) is 29.1 Å². The lowest BCUT2D eigenvalue weighted by atomic mass is 10.1. The molecule has 0 radical (unpaired) electrons. The zero-order chi connectivity index (χ0) is 19.9. The van der Waals surface area contributed by atoms with Crippen molar-refractivity contribution in [2.75, 3.05) is 5.32 Å². The average Bonchev–Trinajstić information content (AvgIpc) is 2.67. The quantitative estimate of drug-likeness (QED) is 0.515. The molecule has 7 heteroatoms. The molecule has 2 N–H and O–H groups in total. The Morgan fingerprint density at radius 1 is 0.893 bits per heavy atom. The van der Waals surface area contributed by atoms with Gasteiger partial charge in [0.2, 0.25) is 5.43 Å². The Hall–Kier alpha value is -3.61. The number of fused-ring (bicyclic) bond motifs is 2. The zero-order valence-electron chi connectivity index (χ0n) is 14.3. The van der Waals surface area contributed by atoms with Crippen LogP contribution in [-0.4, -0.2) is 10.9 Å². The first-order valence-electron chi connectivity index (χ1n) is 8.37. The van der Waals surface area contributed by atoms with Crippen molar-refractivity contribution in [2.45, 2.75) is 6.18 Å². The van der Waals surface area contributed by atoms with Gasteiger partial charge in [-0.05, 0) is 23.6 Å². The highest BCUT2D eigenvalue weighted by Gasteiger charge is 2.33. The number of alkyl halides is 3. The maximum atomic E-state index is 13.1. The van der Waals surface area contributed by atoms with Gasteiger partial charge < -0.3 is 10.3 Å². The molecule has 28 heavy (non-hydrogen) atoms. The molecule has 0 bridgehead atoms. The first kappa shape index (κ1) is 17.8. The third kappa shape index (κ3) is 3.00. The number of pyridine rings is 1. The fourth-order valence-corrected chi connectivity index (χ4v) is 3.18. The lowest BCUT2D eigenvalue weighted by molar-refractivity contribution is -0.136. The summed E-state index contributed by atoms with van der Waals surface area (Å²) in [7, 11) is 0. The van der Waals surface area contributed by atoms with Gasteiger partial charge >= 0.3 is 6.18 Å². The number of hydrogen-bond donors (Lipinski definition) is 2. The Morgan fingerprint density at radius 3 is 2.36 bits per heavy atom. The van der Waals surface area contributed by atoms with Gasteiger partial charge in [-0.15, -0.1) is 0 Å². The molecule has 0 saturated carbocycles. The number of rotatable bonds is 2. The molecule has 4 nitrogen and oxygen atoms in total. The monoisotopic (exact) mass is 382 g/mol. The number of H-pyrrole nitrogens is 1. The highest BCUT2D eigenvalue weighted by molar-refractivity contribution is 6.10. The third-order valence-corrected chi connectivity index (χ3v) is 4.50. The molecular formula is C21H13F3N2O2. The van der Waals surface area contributed by atoms with Crippen molar-refractivity contribution in [1.82, 2.24) is 4.98 Å². The Balaban J connectivity index is 1.78.